The Bertz CT molecular complexity index is 421. The number of carboxylic acids is 1. The summed E-state index contributed by atoms with van der Waals surface area (Å²) in [5.41, 5.74) is 0. The molecule has 1 N–H and O–H groups in total. The van der Waals surface area contributed by atoms with E-state index < -0.39 is 12.0 Å². The highest BCUT2D eigenvalue weighted by Gasteiger charge is 2.34. The highest BCUT2D eigenvalue weighted by molar-refractivity contribution is 7.99. The molecule has 0 radical (unpaired) electrons. The predicted molar refractivity (Wildman–Crippen MR) is 76.1 cm³/mol. The van der Waals surface area contributed by atoms with Crippen molar-refractivity contribution in [3.05, 3.63) is 22.4 Å². The minimum atomic E-state index is -0.906. The smallest absolute Gasteiger partial charge is 0.327 e. The van der Waals surface area contributed by atoms with Crippen molar-refractivity contribution in [2.24, 2.45) is 0 Å². The highest BCUT2D eigenvalue weighted by atomic mass is 32.2. The zero-order chi connectivity index (χ0) is 13.0. The van der Waals surface area contributed by atoms with Crippen LogP contribution in [0.15, 0.2) is 17.5 Å². The van der Waals surface area contributed by atoms with Gasteiger partial charge in [-0.05, 0) is 11.4 Å². The first-order valence-corrected chi connectivity index (χ1v) is 8.57. The Hall–Kier alpha value is -0.660. The number of nitrogens with zero attached hydrogens (tertiary/aromatic N) is 1. The minimum absolute atomic E-state index is 0.0750. The van der Waals surface area contributed by atoms with Crippen molar-refractivity contribution in [3.63, 3.8) is 0 Å². The first-order chi connectivity index (χ1) is 8.68. The molecule has 1 aromatic heterocycles. The number of carbonyl (C=O) groups excluding carboxylic acids is 1. The Kier molecular flexibility index (Phi) is 4.96. The summed E-state index contributed by atoms with van der Waals surface area (Å²) in [6.45, 7) is 0. The predicted octanol–water partition coefficient (Wildman–Crippen LogP) is 1.97. The van der Waals surface area contributed by atoms with Gasteiger partial charge < -0.3 is 10.0 Å². The van der Waals surface area contributed by atoms with Crippen molar-refractivity contribution in [2.75, 3.05) is 17.4 Å². The van der Waals surface area contributed by atoms with Crippen LogP contribution in [0.25, 0.3) is 0 Å². The second kappa shape index (κ2) is 6.49. The number of carbonyl (C=O) groups is 2. The molecule has 0 spiro atoms. The molecular weight excluding hydrogens is 290 g/mol. The van der Waals surface area contributed by atoms with E-state index in [9.17, 15) is 9.59 Å². The fourth-order valence-electron chi connectivity index (χ4n) is 1.61. The molecule has 98 valence electrons. The van der Waals surface area contributed by atoms with Gasteiger partial charge in [-0.2, -0.15) is 0 Å². The number of thiophene rings is 1. The molecule has 1 aliphatic rings. The van der Waals surface area contributed by atoms with Gasteiger partial charge in [0, 0.05) is 16.4 Å². The number of aliphatic carboxylic acids is 1. The average Bonchev–Trinajstić information content (AvgIpc) is 2.99. The molecule has 1 saturated heterocycles. The van der Waals surface area contributed by atoms with E-state index in [0.29, 0.717) is 17.4 Å². The van der Waals surface area contributed by atoms with Crippen LogP contribution in [0.3, 0.4) is 0 Å². The lowest BCUT2D eigenvalue weighted by atomic mass is 10.3. The van der Waals surface area contributed by atoms with Crippen LogP contribution >= 0.6 is 34.9 Å². The molecule has 0 aliphatic carbocycles. The summed E-state index contributed by atoms with van der Waals surface area (Å²) < 4.78 is 0. The second-order valence-corrected chi connectivity index (χ2v) is 6.81. The number of hydrogen-bond acceptors (Lipinski definition) is 5. The van der Waals surface area contributed by atoms with Crippen molar-refractivity contribution in [1.29, 1.82) is 0 Å². The normalized spacial score (nSPS) is 19.1. The van der Waals surface area contributed by atoms with Gasteiger partial charge >= 0.3 is 5.97 Å². The van der Waals surface area contributed by atoms with Crippen molar-refractivity contribution < 1.29 is 14.7 Å². The van der Waals surface area contributed by atoms with Crippen molar-refractivity contribution in [3.8, 4) is 0 Å². The van der Waals surface area contributed by atoms with E-state index in [4.69, 9.17) is 5.11 Å². The number of hydrogen-bond donors (Lipinski definition) is 1. The van der Waals surface area contributed by atoms with E-state index in [0.717, 1.165) is 5.75 Å². The molecule has 1 amide bonds. The third-order valence-electron chi connectivity index (χ3n) is 2.54. The summed E-state index contributed by atoms with van der Waals surface area (Å²) in [5.74, 6) is 1.17. The fourth-order valence-corrected chi connectivity index (χ4v) is 4.53. The Balaban J connectivity index is 1.79. The van der Waals surface area contributed by atoms with Gasteiger partial charge in [-0.1, -0.05) is 6.07 Å². The standard InChI is InChI=1S/C11H13NO3S3/c13-10(6-16-4-8-2-1-3-18-8)12-7-17-5-9(12)11(14)15/h1-3,9H,4-7H2,(H,14,15). The molecule has 7 heteroatoms. The third kappa shape index (κ3) is 3.43. The van der Waals surface area contributed by atoms with Crippen LogP contribution in [0.2, 0.25) is 0 Å². The molecule has 1 aromatic rings. The van der Waals surface area contributed by atoms with Gasteiger partial charge in [-0.15, -0.1) is 34.9 Å². The van der Waals surface area contributed by atoms with Gasteiger partial charge in [-0.3, -0.25) is 4.79 Å². The molecule has 2 heterocycles. The van der Waals surface area contributed by atoms with E-state index in [1.165, 1.54) is 33.3 Å². The van der Waals surface area contributed by atoms with Gasteiger partial charge in [0.25, 0.3) is 0 Å². The topological polar surface area (TPSA) is 57.6 Å². The first kappa shape index (κ1) is 13.8. The van der Waals surface area contributed by atoms with Crippen LogP contribution < -0.4 is 0 Å². The van der Waals surface area contributed by atoms with Crippen LogP contribution in [0.4, 0.5) is 0 Å². The van der Waals surface area contributed by atoms with Crippen molar-refractivity contribution in [2.45, 2.75) is 11.8 Å². The van der Waals surface area contributed by atoms with Crippen LogP contribution in [0, 0.1) is 0 Å². The SMILES string of the molecule is O=C(O)C1CSCN1C(=O)CSCc1cccs1. The molecule has 0 aromatic carbocycles. The van der Waals surface area contributed by atoms with Gasteiger partial charge in [0.1, 0.15) is 6.04 Å². The van der Waals surface area contributed by atoms with E-state index >= 15 is 0 Å². The Morgan fingerprint density at radius 1 is 1.56 bits per heavy atom. The van der Waals surface area contributed by atoms with Gasteiger partial charge in [0.05, 0.1) is 11.6 Å². The Morgan fingerprint density at radius 2 is 2.39 bits per heavy atom. The van der Waals surface area contributed by atoms with E-state index in [2.05, 4.69) is 0 Å². The lowest BCUT2D eigenvalue weighted by molar-refractivity contribution is -0.146. The molecule has 1 atom stereocenters. The van der Waals surface area contributed by atoms with Gasteiger partial charge in [-0.25, -0.2) is 4.79 Å². The van der Waals surface area contributed by atoms with Crippen molar-refractivity contribution in [1.82, 2.24) is 4.90 Å². The lowest BCUT2D eigenvalue weighted by Gasteiger charge is -2.20. The average molecular weight is 303 g/mol. The molecule has 1 unspecified atom stereocenters. The third-order valence-corrected chi connectivity index (χ3v) is 5.58. The maximum absolute atomic E-state index is 11.9. The zero-order valence-corrected chi connectivity index (χ0v) is 12.0. The monoisotopic (exact) mass is 303 g/mol. The molecule has 1 aliphatic heterocycles. The molecular formula is C11H13NO3S3. The quantitative estimate of drug-likeness (QED) is 0.901. The molecule has 0 bridgehead atoms. The molecule has 0 saturated carbocycles. The maximum Gasteiger partial charge on any atom is 0.327 e. The summed E-state index contributed by atoms with van der Waals surface area (Å²) in [6, 6.07) is 3.37. The largest absolute Gasteiger partial charge is 0.480 e. The molecule has 1 fully saturated rings. The van der Waals surface area contributed by atoms with Crippen molar-refractivity contribution >= 4 is 46.7 Å². The zero-order valence-electron chi connectivity index (χ0n) is 9.57. The summed E-state index contributed by atoms with van der Waals surface area (Å²) in [4.78, 5) is 25.6. The summed E-state index contributed by atoms with van der Waals surface area (Å²) in [6.07, 6.45) is 0. The minimum Gasteiger partial charge on any atom is -0.480 e. The highest BCUT2D eigenvalue weighted by Crippen LogP contribution is 2.23. The first-order valence-electron chi connectivity index (χ1n) is 5.38. The van der Waals surface area contributed by atoms with Crippen LogP contribution in [-0.2, 0) is 15.3 Å². The van der Waals surface area contributed by atoms with Crippen LogP contribution in [0.1, 0.15) is 4.88 Å². The Morgan fingerprint density at radius 3 is 3.06 bits per heavy atom. The number of carboxylic acid groups (broad SMARTS) is 1. The lowest BCUT2D eigenvalue weighted by Crippen LogP contribution is -2.42. The maximum atomic E-state index is 11.9. The number of thioether (sulfide) groups is 2. The number of amides is 1. The van der Waals surface area contributed by atoms with Gasteiger partial charge in [0.15, 0.2) is 0 Å². The fraction of sp³-hybridized carbons (Fsp3) is 0.455. The molecule has 4 nitrogen and oxygen atoms in total. The van der Waals surface area contributed by atoms with E-state index in [1.807, 2.05) is 17.5 Å². The summed E-state index contributed by atoms with van der Waals surface area (Å²) in [7, 11) is 0. The summed E-state index contributed by atoms with van der Waals surface area (Å²) in [5, 5.41) is 11.0. The molecule has 2 rings (SSSR count). The van der Waals surface area contributed by atoms with Crippen LogP contribution in [0.5, 0.6) is 0 Å². The second-order valence-electron chi connectivity index (χ2n) is 3.79. The Labute approximate surface area is 118 Å². The van der Waals surface area contributed by atoms with E-state index in [1.54, 1.807) is 11.3 Å². The summed E-state index contributed by atoms with van der Waals surface area (Å²) >= 11 is 4.70. The number of rotatable bonds is 5. The van der Waals surface area contributed by atoms with Gasteiger partial charge in [0.2, 0.25) is 5.91 Å². The van der Waals surface area contributed by atoms with E-state index in [-0.39, 0.29) is 5.91 Å². The van der Waals surface area contributed by atoms with Crippen LogP contribution in [-0.4, -0.2) is 45.3 Å². The molecule has 18 heavy (non-hydrogen) atoms.